The monoisotopic (exact) mass is 611 g/mol. The minimum atomic E-state index is -1.82. The molecule has 2 heterocycles. The van der Waals surface area contributed by atoms with Crippen molar-refractivity contribution in [1.82, 2.24) is 15.0 Å². The predicted molar refractivity (Wildman–Crippen MR) is 169 cm³/mol. The fourth-order valence-corrected chi connectivity index (χ4v) is 5.41. The van der Waals surface area contributed by atoms with E-state index in [4.69, 9.17) is 14.6 Å². The van der Waals surface area contributed by atoms with Gasteiger partial charge in [-0.2, -0.15) is 0 Å². The molecule has 0 spiro atoms. The molecular formula is C34H37N5O6. The molecule has 1 aliphatic rings. The summed E-state index contributed by atoms with van der Waals surface area (Å²) in [6.07, 6.45) is 6.61. The molecule has 5 rings (SSSR count). The summed E-state index contributed by atoms with van der Waals surface area (Å²) in [5, 5.41) is 32.1. The van der Waals surface area contributed by atoms with Gasteiger partial charge in [-0.3, -0.25) is 14.3 Å². The smallest absolute Gasteiger partial charge is 0.264 e. The lowest BCUT2D eigenvalue weighted by Crippen LogP contribution is -2.44. The van der Waals surface area contributed by atoms with Crippen LogP contribution in [0.2, 0.25) is 0 Å². The Balaban J connectivity index is 1.32. The molecule has 234 valence electrons. The lowest BCUT2D eigenvalue weighted by Gasteiger charge is -2.28. The third kappa shape index (κ3) is 6.74. The molecule has 0 aliphatic carbocycles. The Morgan fingerprint density at radius 1 is 1.07 bits per heavy atom. The Bertz CT molecular complexity index is 1680. The summed E-state index contributed by atoms with van der Waals surface area (Å²) in [5.41, 5.74) is 1.81. The maximum Gasteiger partial charge on any atom is 0.264 e. The Morgan fingerprint density at radius 2 is 1.82 bits per heavy atom. The number of anilines is 2. The highest BCUT2D eigenvalue weighted by Crippen LogP contribution is 2.47. The van der Waals surface area contributed by atoms with Crippen molar-refractivity contribution in [2.45, 2.75) is 38.5 Å². The van der Waals surface area contributed by atoms with E-state index in [9.17, 15) is 14.7 Å². The highest BCUT2D eigenvalue weighted by molar-refractivity contribution is 6.07. The van der Waals surface area contributed by atoms with E-state index in [2.05, 4.69) is 15.6 Å². The quantitative estimate of drug-likeness (QED) is 0.192. The van der Waals surface area contributed by atoms with Gasteiger partial charge in [0.25, 0.3) is 11.8 Å². The summed E-state index contributed by atoms with van der Waals surface area (Å²) in [7, 11) is 3.11. The summed E-state index contributed by atoms with van der Waals surface area (Å²) in [6.45, 7) is 2.57. The molecule has 3 aromatic carbocycles. The Labute approximate surface area is 261 Å². The minimum Gasteiger partial charge on any atom is -0.497 e. The summed E-state index contributed by atoms with van der Waals surface area (Å²) >= 11 is 0. The van der Waals surface area contributed by atoms with E-state index in [0.29, 0.717) is 53.4 Å². The first kappa shape index (κ1) is 31.4. The lowest BCUT2D eigenvalue weighted by molar-refractivity contribution is -0.139. The largest absolute Gasteiger partial charge is 0.497 e. The van der Waals surface area contributed by atoms with E-state index in [1.54, 1.807) is 78.5 Å². The van der Waals surface area contributed by atoms with Crippen LogP contribution in [0.1, 0.15) is 40.5 Å². The fourth-order valence-electron chi connectivity index (χ4n) is 5.41. The van der Waals surface area contributed by atoms with Crippen molar-refractivity contribution in [3.05, 3.63) is 107 Å². The zero-order chi connectivity index (χ0) is 32.0. The molecule has 0 radical (unpaired) electrons. The number of methoxy groups -OCH3 is 2. The van der Waals surface area contributed by atoms with Gasteiger partial charge in [0.2, 0.25) is 0 Å². The minimum absolute atomic E-state index is 0.0125. The number of allylic oxidation sites excluding steroid dienone is 1. The molecule has 0 fully saturated rings. The third-order valence-electron chi connectivity index (χ3n) is 7.92. The number of nitrogens with zero attached hydrogens (tertiary/aromatic N) is 4. The second-order valence-corrected chi connectivity index (χ2v) is 10.9. The van der Waals surface area contributed by atoms with Gasteiger partial charge in [-0.25, -0.2) is 0 Å². The van der Waals surface area contributed by atoms with E-state index in [-0.39, 0.29) is 19.1 Å². The summed E-state index contributed by atoms with van der Waals surface area (Å²) in [6, 6.07) is 19.4. The number of hydrogen-bond donors (Lipinski definition) is 3. The maximum atomic E-state index is 14.0. The van der Waals surface area contributed by atoms with E-state index in [1.165, 1.54) is 0 Å². The van der Waals surface area contributed by atoms with Gasteiger partial charge in [-0.1, -0.05) is 36.4 Å². The van der Waals surface area contributed by atoms with Gasteiger partial charge in [0.1, 0.15) is 11.5 Å². The number of amides is 2. The predicted octanol–water partition coefficient (Wildman–Crippen LogP) is 4.10. The zero-order valence-electron chi connectivity index (χ0n) is 25.5. The molecule has 11 heteroatoms. The second-order valence-electron chi connectivity index (χ2n) is 10.9. The van der Waals surface area contributed by atoms with Crippen molar-refractivity contribution < 1.29 is 29.3 Å². The van der Waals surface area contributed by atoms with Crippen LogP contribution >= 0.6 is 0 Å². The Morgan fingerprint density at radius 3 is 2.56 bits per heavy atom. The average molecular weight is 612 g/mol. The first-order chi connectivity index (χ1) is 21.8. The molecule has 11 nitrogen and oxygen atoms in total. The molecule has 1 aliphatic heterocycles. The topological polar surface area (TPSA) is 139 Å². The Hall–Kier alpha value is -5.00. The van der Waals surface area contributed by atoms with Gasteiger partial charge < -0.3 is 29.9 Å². The van der Waals surface area contributed by atoms with Crippen molar-refractivity contribution in [3.8, 4) is 11.5 Å². The van der Waals surface area contributed by atoms with E-state index < -0.39 is 17.4 Å². The second kappa shape index (κ2) is 13.7. The highest BCUT2D eigenvalue weighted by atomic mass is 16.5. The molecule has 2 atom stereocenters. The van der Waals surface area contributed by atoms with E-state index in [0.717, 1.165) is 11.3 Å². The highest BCUT2D eigenvalue weighted by Gasteiger charge is 2.52. The van der Waals surface area contributed by atoms with Crippen molar-refractivity contribution in [2.75, 3.05) is 31.0 Å². The fraction of sp³-hybridized carbons (Fsp3) is 0.294. The molecular weight excluding hydrogens is 574 g/mol. The number of nitrogens with one attached hydrogen (secondary N) is 1. The standard InChI is InChI=1S/C34H37N5O6/c1-23(7-4-5-17-38-22-27(16-18-40)36-37-38)34(43)30-20-29(45-3)14-15-31(30)39(33(34)42)21-24-8-6-9-26(19-24)35-32(41)25-10-12-28(44-2)13-11-25/h4,6-15,19-20,22-23,40,43H,5,16-18,21H2,1-3H3,(H,35,41)/b7-4+/t23-,34+/m1/s1. The van der Waals surface area contributed by atoms with Crippen LogP contribution in [0.3, 0.4) is 0 Å². The molecule has 45 heavy (non-hydrogen) atoms. The van der Waals surface area contributed by atoms with Crippen LogP contribution in [0.15, 0.2) is 85.1 Å². The summed E-state index contributed by atoms with van der Waals surface area (Å²) < 4.78 is 12.3. The van der Waals surface area contributed by atoms with Gasteiger partial charge in [-0.05, 0) is 66.6 Å². The van der Waals surface area contributed by atoms with Crippen LogP contribution in [0.4, 0.5) is 11.4 Å². The van der Waals surface area contributed by atoms with Crippen LogP contribution in [0.5, 0.6) is 11.5 Å². The van der Waals surface area contributed by atoms with E-state index >= 15 is 0 Å². The molecule has 0 bridgehead atoms. The summed E-state index contributed by atoms with van der Waals surface area (Å²) in [4.78, 5) is 28.4. The zero-order valence-corrected chi connectivity index (χ0v) is 25.5. The molecule has 2 amide bonds. The average Bonchev–Trinajstić information content (AvgIpc) is 3.59. The van der Waals surface area contributed by atoms with E-state index in [1.807, 2.05) is 37.3 Å². The van der Waals surface area contributed by atoms with Gasteiger partial charge in [-0.15, -0.1) is 5.10 Å². The Kier molecular flexibility index (Phi) is 9.60. The normalized spacial score (nSPS) is 16.6. The number of carbonyl (C=O) groups is 2. The van der Waals surface area contributed by atoms with Gasteiger partial charge >= 0.3 is 0 Å². The van der Waals surface area contributed by atoms with Gasteiger partial charge in [0.15, 0.2) is 5.60 Å². The van der Waals surface area contributed by atoms with Crippen LogP contribution in [-0.2, 0) is 29.9 Å². The van der Waals surface area contributed by atoms with Crippen molar-refractivity contribution >= 4 is 23.2 Å². The van der Waals surface area contributed by atoms with Crippen LogP contribution in [-0.4, -0.2) is 57.8 Å². The number of fused-ring (bicyclic) bond motifs is 1. The first-order valence-corrected chi connectivity index (χ1v) is 14.7. The number of ether oxygens (including phenoxy) is 2. The molecule has 0 saturated carbocycles. The summed E-state index contributed by atoms with van der Waals surface area (Å²) in [5.74, 6) is -0.0798. The molecule has 3 N–H and O–H groups in total. The number of aryl methyl sites for hydroxylation is 1. The van der Waals surface area contributed by atoms with Crippen molar-refractivity contribution in [2.24, 2.45) is 5.92 Å². The molecule has 1 aromatic heterocycles. The van der Waals surface area contributed by atoms with Crippen molar-refractivity contribution in [1.29, 1.82) is 0 Å². The SMILES string of the molecule is COc1ccc(C(=O)Nc2cccc(CN3C(=O)[C@](O)([C@H](C)/C=C/CCn4cc(CCO)nn4)c4cc(OC)ccc43)c2)cc1. The van der Waals surface area contributed by atoms with Crippen LogP contribution in [0, 0.1) is 5.92 Å². The first-order valence-electron chi connectivity index (χ1n) is 14.7. The number of aliphatic hydroxyl groups excluding tert-OH is 1. The van der Waals surface area contributed by atoms with Gasteiger partial charge in [0.05, 0.1) is 32.1 Å². The van der Waals surface area contributed by atoms with Crippen molar-refractivity contribution in [3.63, 3.8) is 0 Å². The third-order valence-corrected chi connectivity index (χ3v) is 7.92. The lowest BCUT2D eigenvalue weighted by atomic mass is 9.83. The van der Waals surface area contributed by atoms with Crippen LogP contribution in [0.25, 0.3) is 0 Å². The molecule has 4 aromatic rings. The number of aliphatic hydroxyl groups is 2. The van der Waals surface area contributed by atoms with Gasteiger partial charge in [0, 0.05) is 48.5 Å². The number of rotatable bonds is 13. The molecule has 0 unspecified atom stereocenters. The number of carbonyl (C=O) groups excluding carboxylic acids is 2. The number of benzene rings is 3. The number of aromatic nitrogens is 3. The molecule has 0 saturated heterocycles. The number of hydrogen-bond acceptors (Lipinski definition) is 8. The maximum absolute atomic E-state index is 14.0. The van der Waals surface area contributed by atoms with Crippen LogP contribution < -0.4 is 19.7 Å².